The first kappa shape index (κ1) is 18.6. The van der Waals surface area contributed by atoms with E-state index in [0.717, 1.165) is 5.56 Å². The maximum absolute atomic E-state index is 12.4. The molecule has 24 heavy (non-hydrogen) atoms. The molecule has 0 atom stereocenters. The van der Waals surface area contributed by atoms with Crippen LogP contribution in [0.5, 0.6) is 5.75 Å². The van der Waals surface area contributed by atoms with E-state index in [-0.39, 0.29) is 11.8 Å². The lowest BCUT2D eigenvalue weighted by atomic mass is 10.1. The molecule has 1 saturated heterocycles. The third-order valence-corrected chi connectivity index (χ3v) is 4.77. The molecule has 0 aromatic heterocycles. The zero-order valence-corrected chi connectivity index (χ0v) is 15.1. The van der Waals surface area contributed by atoms with Crippen LogP contribution in [0, 0.1) is 0 Å². The Labute approximate surface area is 151 Å². The van der Waals surface area contributed by atoms with Crippen molar-refractivity contribution in [2.45, 2.75) is 12.8 Å². The number of methoxy groups -OCH3 is 1. The molecule has 0 N–H and O–H groups in total. The third-order valence-electron chi connectivity index (χ3n) is 4.05. The summed E-state index contributed by atoms with van der Waals surface area (Å²) in [5.41, 5.74) is 0.848. The van der Waals surface area contributed by atoms with E-state index in [4.69, 9.17) is 27.9 Å². The van der Waals surface area contributed by atoms with Crippen LogP contribution >= 0.6 is 23.2 Å². The molecule has 0 radical (unpaired) electrons. The van der Waals surface area contributed by atoms with E-state index in [0.29, 0.717) is 54.8 Å². The second-order valence-corrected chi connectivity index (χ2v) is 6.30. The lowest BCUT2D eigenvalue weighted by molar-refractivity contribution is -0.137. The summed E-state index contributed by atoms with van der Waals surface area (Å²) in [5, 5.41) is 0.864. The average Bonchev–Trinajstić information content (AvgIpc) is 2.61. The van der Waals surface area contributed by atoms with Gasteiger partial charge in [-0.15, -0.1) is 0 Å². The van der Waals surface area contributed by atoms with Gasteiger partial charge in [0.25, 0.3) is 0 Å². The van der Waals surface area contributed by atoms with Crippen molar-refractivity contribution in [2.75, 3.05) is 33.3 Å². The summed E-state index contributed by atoms with van der Waals surface area (Å²) in [5.74, 6) is 0.579. The van der Waals surface area contributed by atoms with Gasteiger partial charge >= 0.3 is 0 Å². The first-order chi connectivity index (χ1) is 11.5. The van der Waals surface area contributed by atoms with E-state index in [9.17, 15) is 9.59 Å². The topological polar surface area (TPSA) is 49.9 Å². The van der Waals surface area contributed by atoms with Gasteiger partial charge in [0.2, 0.25) is 11.8 Å². The van der Waals surface area contributed by atoms with E-state index in [1.54, 1.807) is 29.0 Å². The number of piperazine rings is 1. The third kappa shape index (κ3) is 4.42. The van der Waals surface area contributed by atoms with Crippen molar-refractivity contribution in [2.24, 2.45) is 0 Å². The molecule has 0 saturated carbocycles. The van der Waals surface area contributed by atoms with Crippen LogP contribution in [0.4, 0.5) is 0 Å². The highest BCUT2D eigenvalue weighted by Gasteiger charge is 2.23. The fourth-order valence-electron chi connectivity index (χ4n) is 2.66. The average molecular weight is 371 g/mol. The normalized spacial score (nSPS) is 14.5. The Morgan fingerprint density at radius 2 is 1.75 bits per heavy atom. The van der Waals surface area contributed by atoms with Crippen molar-refractivity contribution in [3.05, 3.63) is 40.4 Å². The number of nitrogens with zero attached hydrogens (tertiary/aromatic N) is 2. The molecule has 1 aliphatic rings. The maximum atomic E-state index is 12.4. The van der Waals surface area contributed by atoms with Crippen LogP contribution < -0.4 is 4.74 Å². The Morgan fingerprint density at radius 1 is 1.17 bits per heavy atom. The smallest absolute Gasteiger partial charge is 0.246 e. The van der Waals surface area contributed by atoms with Gasteiger partial charge in [0.15, 0.2) is 0 Å². The van der Waals surface area contributed by atoms with Crippen LogP contribution in [0.1, 0.15) is 12.0 Å². The predicted octanol–water partition coefficient (Wildman–Crippen LogP) is 2.79. The summed E-state index contributed by atoms with van der Waals surface area (Å²) in [4.78, 5) is 27.4. The Balaban J connectivity index is 1.91. The highest BCUT2D eigenvalue weighted by molar-refractivity contribution is 6.42. The van der Waals surface area contributed by atoms with E-state index in [2.05, 4.69) is 6.58 Å². The molecule has 1 aliphatic heterocycles. The summed E-state index contributed by atoms with van der Waals surface area (Å²) in [6.45, 7) is 5.62. The molecule has 2 amide bonds. The highest BCUT2D eigenvalue weighted by Crippen LogP contribution is 2.31. The van der Waals surface area contributed by atoms with Crippen molar-refractivity contribution in [1.29, 1.82) is 0 Å². The van der Waals surface area contributed by atoms with Crippen molar-refractivity contribution >= 4 is 35.0 Å². The van der Waals surface area contributed by atoms with Crippen LogP contribution in [-0.2, 0) is 16.0 Å². The Bertz CT molecular complexity index is 641. The summed E-state index contributed by atoms with van der Waals surface area (Å²) < 4.78 is 5.29. The van der Waals surface area contributed by atoms with Crippen molar-refractivity contribution in [3.8, 4) is 5.75 Å². The first-order valence-corrected chi connectivity index (χ1v) is 8.43. The number of carbonyl (C=O) groups is 2. The van der Waals surface area contributed by atoms with Crippen LogP contribution in [-0.4, -0.2) is 54.9 Å². The monoisotopic (exact) mass is 370 g/mol. The molecular formula is C17H20Cl2N2O3. The van der Waals surface area contributed by atoms with Crippen LogP contribution in [0.2, 0.25) is 10.0 Å². The molecule has 1 aromatic carbocycles. The Morgan fingerprint density at radius 3 is 2.33 bits per heavy atom. The van der Waals surface area contributed by atoms with Gasteiger partial charge in [-0.25, -0.2) is 0 Å². The molecule has 2 rings (SSSR count). The van der Waals surface area contributed by atoms with Crippen LogP contribution in [0.3, 0.4) is 0 Å². The van der Waals surface area contributed by atoms with Gasteiger partial charge in [-0.3, -0.25) is 9.59 Å². The molecule has 0 spiro atoms. The fourth-order valence-corrected chi connectivity index (χ4v) is 3.00. The van der Waals surface area contributed by atoms with E-state index in [1.165, 1.54) is 6.08 Å². The number of hydrogen-bond donors (Lipinski definition) is 0. The molecule has 130 valence electrons. The molecule has 1 heterocycles. The van der Waals surface area contributed by atoms with Crippen LogP contribution in [0.25, 0.3) is 0 Å². The number of carbonyl (C=O) groups excluding carboxylic acids is 2. The molecule has 0 aliphatic carbocycles. The van der Waals surface area contributed by atoms with Gasteiger partial charge < -0.3 is 14.5 Å². The zero-order valence-electron chi connectivity index (χ0n) is 13.6. The Kier molecular flexibility index (Phi) is 6.52. The quantitative estimate of drug-likeness (QED) is 0.748. The maximum Gasteiger partial charge on any atom is 0.246 e. The van der Waals surface area contributed by atoms with Crippen molar-refractivity contribution in [1.82, 2.24) is 9.80 Å². The lowest BCUT2D eigenvalue weighted by Crippen LogP contribution is -2.50. The first-order valence-electron chi connectivity index (χ1n) is 7.67. The second-order valence-electron chi connectivity index (χ2n) is 5.49. The standard InChI is InChI=1S/C17H20Cl2N2O3/c1-3-16(22)20-6-8-21(9-7-20)17(23)5-4-12-10-13(18)14(19)11-15(12)24-2/h3,10-11H,1,4-9H2,2H3. The van der Waals surface area contributed by atoms with Gasteiger partial charge in [-0.05, 0) is 24.1 Å². The van der Waals surface area contributed by atoms with Crippen molar-refractivity contribution in [3.63, 3.8) is 0 Å². The van der Waals surface area contributed by atoms with Gasteiger partial charge in [-0.1, -0.05) is 29.8 Å². The Hall–Kier alpha value is -1.72. The number of hydrogen-bond acceptors (Lipinski definition) is 3. The number of ether oxygens (including phenoxy) is 1. The van der Waals surface area contributed by atoms with E-state index < -0.39 is 0 Å². The highest BCUT2D eigenvalue weighted by atomic mass is 35.5. The zero-order chi connectivity index (χ0) is 17.7. The van der Waals surface area contributed by atoms with E-state index in [1.807, 2.05) is 0 Å². The number of aryl methyl sites for hydroxylation is 1. The molecular weight excluding hydrogens is 351 g/mol. The minimum Gasteiger partial charge on any atom is -0.496 e. The molecule has 7 heteroatoms. The fraction of sp³-hybridized carbons (Fsp3) is 0.412. The largest absolute Gasteiger partial charge is 0.496 e. The lowest BCUT2D eigenvalue weighted by Gasteiger charge is -2.34. The summed E-state index contributed by atoms with van der Waals surface area (Å²) >= 11 is 12.0. The van der Waals surface area contributed by atoms with Gasteiger partial charge in [0, 0.05) is 38.7 Å². The number of rotatable bonds is 5. The molecule has 0 bridgehead atoms. The van der Waals surface area contributed by atoms with Gasteiger partial charge in [0.05, 0.1) is 17.2 Å². The second kappa shape index (κ2) is 8.40. The van der Waals surface area contributed by atoms with Gasteiger partial charge in [0.1, 0.15) is 5.75 Å². The van der Waals surface area contributed by atoms with E-state index >= 15 is 0 Å². The minimum atomic E-state index is -0.0948. The van der Waals surface area contributed by atoms with Crippen molar-refractivity contribution < 1.29 is 14.3 Å². The number of benzene rings is 1. The predicted molar refractivity (Wildman–Crippen MR) is 94.7 cm³/mol. The SMILES string of the molecule is C=CC(=O)N1CCN(C(=O)CCc2cc(Cl)c(Cl)cc2OC)CC1. The summed E-state index contributed by atoms with van der Waals surface area (Å²) in [6, 6.07) is 3.39. The molecule has 1 fully saturated rings. The number of amides is 2. The minimum absolute atomic E-state index is 0.0498. The summed E-state index contributed by atoms with van der Waals surface area (Å²) in [6.07, 6.45) is 2.17. The molecule has 0 unspecified atom stereocenters. The molecule has 1 aromatic rings. The number of halogens is 2. The molecule has 5 nitrogen and oxygen atoms in total. The van der Waals surface area contributed by atoms with Crippen LogP contribution in [0.15, 0.2) is 24.8 Å². The van der Waals surface area contributed by atoms with Gasteiger partial charge in [-0.2, -0.15) is 0 Å². The summed E-state index contributed by atoms with van der Waals surface area (Å²) in [7, 11) is 1.56.